The number of hydrogen-bond acceptors (Lipinski definition) is 2. The van der Waals surface area contributed by atoms with Gasteiger partial charge in [0.05, 0.1) is 0 Å². The van der Waals surface area contributed by atoms with E-state index in [1.54, 1.807) is 0 Å². The van der Waals surface area contributed by atoms with Gasteiger partial charge in [0.2, 0.25) is 0 Å². The molecule has 2 nitrogen and oxygen atoms in total. The predicted molar refractivity (Wildman–Crippen MR) is 74.5 cm³/mol. The number of rotatable bonds is 4. The third-order valence-electron chi connectivity index (χ3n) is 4.46. The van der Waals surface area contributed by atoms with E-state index in [9.17, 15) is 4.79 Å². The molecule has 18 heavy (non-hydrogen) atoms. The van der Waals surface area contributed by atoms with E-state index in [1.165, 1.54) is 5.56 Å². The molecule has 2 unspecified atom stereocenters. The molecule has 98 valence electrons. The lowest BCUT2D eigenvalue weighted by Gasteiger charge is -2.27. The Morgan fingerprint density at radius 2 is 1.94 bits per heavy atom. The van der Waals surface area contributed by atoms with Crippen LogP contribution in [0.4, 0.5) is 0 Å². The molecule has 1 aromatic carbocycles. The van der Waals surface area contributed by atoms with Gasteiger partial charge in [-0.05, 0) is 30.4 Å². The first kappa shape index (κ1) is 13.3. The summed E-state index contributed by atoms with van der Waals surface area (Å²) < 4.78 is 0. The van der Waals surface area contributed by atoms with Crippen LogP contribution >= 0.6 is 0 Å². The average molecular weight is 245 g/mol. The minimum Gasteiger partial charge on any atom is -0.327 e. The number of ketones is 1. The number of carbonyl (C=O) groups excluding carboxylic acids is 1. The van der Waals surface area contributed by atoms with Gasteiger partial charge in [-0.1, -0.05) is 44.5 Å². The fourth-order valence-electron chi connectivity index (χ4n) is 2.82. The molecular weight excluding hydrogens is 222 g/mol. The molecule has 0 spiro atoms. The standard InChI is InChI=1S/C16H23NO/c1-3-12-6-8-13(9-7-12)11-15(18)16(2)10-4-5-14(16)17/h6-9,14H,3-5,10-11,17H2,1-2H3. The second-order valence-corrected chi connectivity index (χ2v) is 5.69. The van der Waals surface area contributed by atoms with E-state index in [2.05, 4.69) is 31.2 Å². The zero-order valence-corrected chi connectivity index (χ0v) is 11.4. The minimum absolute atomic E-state index is 0.0416. The molecule has 1 aromatic rings. The molecule has 1 saturated carbocycles. The number of carbonyl (C=O) groups is 1. The molecule has 0 radical (unpaired) electrons. The van der Waals surface area contributed by atoms with Crippen LogP contribution in [0.15, 0.2) is 24.3 Å². The van der Waals surface area contributed by atoms with Crippen molar-refractivity contribution >= 4 is 5.78 Å². The van der Waals surface area contributed by atoms with Crippen molar-refractivity contribution in [1.29, 1.82) is 0 Å². The maximum Gasteiger partial charge on any atom is 0.144 e. The van der Waals surface area contributed by atoms with Crippen LogP contribution in [-0.2, 0) is 17.6 Å². The summed E-state index contributed by atoms with van der Waals surface area (Å²) in [5, 5.41) is 0. The highest BCUT2D eigenvalue weighted by molar-refractivity contribution is 5.87. The Labute approximate surface area is 110 Å². The second kappa shape index (κ2) is 5.23. The van der Waals surface area contributed by atoms with Gasteiger partial charge >= 0.3 is 0 Å². The first-order valence-electron chi connectivity index (χ1n) is 6.93. The molecule has 0 heterocycles. The number of nitrogens with two attached hydrogens (primary N) is 1. The quantitative estimate of drug-likeness (QED) is 0.886. The molecular formula is C16H23NO. The SMILES string of the molecule is CCc1ccc(CC(=O)C2(C)CCCC2N)cc1. The van der Waals surface area contributed by atoms with Crippen LogP contribution in [0, 0.1) is 5.41 Å². The van der Waals surface area contributed by atoms with Crippen molar-refractivity contribution in [2.45, 2.75) is 52.0 Å². The molecule has 1 aliphatic carbocycles. The number of aryl methyl sites for hydroxylation is 1. The van der Waals surface area contributed by atoms with Gasteiger partial charge in [0.1, 0.15) is 5.78 Å². The number of Topliss-reactive ketones (excluding diaryl/α,β-unsaturated/α-hetero) is 1. The van der Waals surface area contributed by atoms with E-state index >= 15 is 0 Å². The van der Waals surface area contributed by atoms with Gasteiger partial charge in [0.15, 0.2) is 0 Å². The van der Waals surface area contributed by atoms with Gasteiger partial charge in [-0.15, -0.1) is 0 Å². The lowest BCUT2D eigenvalue weighted by atomic mass is 9.78. The summed E-state index contributed by atoms with van der Waals surface area (Å²) in [5.41, 5.74) is 8.21. The molecule has 0 bridgehead atoms. The fraction of sp³-hybridized carbons (Fsp3) is 0.562. The van der Waals surface area contributed by atoms with Crippen molar-refractivity contribution in [3.8, 4) is 0 Å². The van der Waals surface area contributed by atoms with Gasteiger partial charge in [-0.3, -0.25) is 4.79 Å². The summed E-state index contributed by atoms with van der Waals surface area (Å²) in [7, 11) is 0. The van der Waals surface area contributed by atoms with Gasteiger partial charge in [-0.2, -0.15) is 0 Å². The Balaban J connectivity index is 2.06. The zero-order valence-electron chi connectivity index (χ0n) is 11.4. The van der Waals surface area contributed by atoms with Crippen molar-refractivity contribution in [2.24, 2.45) is 11.1 Å². The Hall–Kier alpha value is -1.15. The summed E-state index contributed by atoms with van der Waals surface area (Å²) in [6.45, 7) is 4.17. The van der Waals surface area contributed by atoms with Crippen LogP contribution < -0.4 is 5.73 Å². The molecule has 0 aliphatic heterocycles. The average Bonchev–Trinajstić information content (AvgIpc) is 2.72. The van der Waals surface area contributed by atoms with Crippen molar-refractivity contribution in [3.63, 3.8) is 0 Å². The van der Waals surface area contributed by atoms with E-state index in [-0.39, 0.29) is 11.5 Å². The Kier molecular flexibility index (Phi) is 3.86. The highest BCUT2D eigenvalue weighted by Crippen LogP contribution is 2.38. The maximum atomic E-state index is 12.4. The van der Waals surface area contributed by atoms with Crippen LogP contribution in [0.25, 0.3) is 0 Å². The van der Waals surface area contributed by atoms with Crippen molar-refractivity contribution in [3.05, 3.63) is 35.4 Å². The normalized spacial score (nSPS) is 27.4. The topological polar surface area (TPSA) is 43.1 Å². The van der Waals surface area contributed by atoms with Crippen LogP contribution in [0.5, 0.6) is 0 Å². The molecule has 2 heteroatoms. The molecule has 0 saturated heterocycles. The van der Waals surface area contributed by atoms with E-state index in [0.29, 0.717) is 12.2 Å². The smallest absolute Gasteiger partial charge is 0.144 e. The van der Waals surface area contributed by atoms with E-state index in [4.69, 9.17) is 5.73 Å². The van der Waals surface area contributed by atoms with Gasteiger partial charge < -0.3 is 5.73 Å². The summed E-state index contributed by atoms with van der Waals surface area (Å²) in [4.78, 5) is 12.4. The lowest BCUT2D eigenvalue weighted by Crippen LogP contribution is -2.41. The van der Waals surface area contributed by atoms with Crippen LogP contribution in [-0.4, -0.2) is 11.8 Å². The highest BCUT2D eigenvalue weighted by atomic mass is 16.1. The largest absolute Gasteiger partial charge is 0.327 e. The van der Waals surface area contributed by atoms with E-state index in [1.807, 2.05) is 6.92 Å². The summed E-state index contributed by atoms with van der Waals surface area (Å²) in [5.74, 6) is 0.303. The van der Waals surface area contributed by atoms with Gasteiger partial charge in [0, 0.05) is 17.9 Å². The molecule has 1 aliphatic rings. The third-order valence-corrected chi connectivity index (χ3v) is 4.46. The van der Waals surface area contributed by atoms with Crippen molar-refractivity contribution in [1.82, 2.24) is 0 Å². The highest BCUT2D eigenvalue weighted by Gasteiger charge is 2.42. The third kappa shape index (κ3) is 2.49. The first-order chi connectivity index (χ1) is 8.56. The summed E-state index contributed by atoms with van der Waals surface area (Å²) in [6.07, 6.45) is 4.57. The van der Waals surface area contributed by atoms with E-state index in [0.717, 1.165) is 31.2 Å². The van der Waals surface area contributed by atoms with Crippen LogP contribution in [0.2, 0.25) is 0 Å². The molecule has 1 fully saturated rings. The number of benzene rings is 1. The van der Waals surface area contributed by atoms with Crippen molar-refractivity contribution < 1.29 is 4.79 Å². The second-order valence-electron chi connectivity index (χ2n) is 5.69. The zero-order chi connectivity index (χ0) is 13.2. The maximum absolute atomic E-state index is 12.4. The van der Waals surface area contributed by atoms with Crippen LogP contribution in [0.1, 0.15) is 44.2 Å². The molecule has 2 N–H and O–H groups in total. The molecule has 2 rings (SSSR count). The Bertz CT molecular complexity index is 423. The first-order valence-corrected chi connectivity index (χ1v) is 6.93. The Morgan fingerprint density at radius 1 is 1.33 bits per heavy atom. The summed E-state index contributed by atoms with van der Waals surface area (Å²) >= 11 is 0. The van der Waals surface area contributed by atoms with E-state index < -0.39 is 0 Å². The molecule has 0 aromatic heterocycles. The predicted octanol–water partition coefficient (Wildman–Crippen LogP) is 2.88. The lowest BCUT2D eigenvalue weighted by molar-refractivity contribution is -0.127. The fourth-order valence-corrected chi connectivity index (χ4v) is 2.82. The molecule has 0 amide bonds. The van der Waals surface area contributed by atoms with Gasteiger partial charge in [-0.25, -0.2) is 0 Å². The Morgan fingerprint density at radius 3 is 2.44 bits per heavy atom. The van der Waals surface area contributed by atoms with Crippen molar-refractivity contribution in [2.75, 3.05) is 0 Å². The van der Waals surface area contributed by atoms with Crippen LogP contribution in [0.3, 0.4) is 0 Å². The molecule has 2 atom stereocenters. The van der Waals surface area contributed by atoms with Gasteiger partial charge in [0.25, 0.3) is 0 Å². The monoisotopic (exact) mass is 245 g/mol. The minimum atomic E-state index is -0.302. The number of hydrogen-bond donors (Lipinski definition) is 1. The summed E-state index contributed by atoms with van der Waals surface area (Å²) in [6, 6.07) is 8.40.